The summed E-state index contributed by atoms with van der Waals surface area (Å²) in [7, 11) is 0. The van der Waals surface area contributed by atoms with Crippen LogP contribution in [0.4, 0.5) is 5.69 Å². The fraction of sp³-hybridized carbons (Fsp3) is 0.111. The summed E-state index contributed by atoms with van der Waals surface area (Å²) in [5.74, 6) is -0.652. The molecule has 3 rings (SSSR count). The summed E-state index contributed by atoms with van der Waals surface area (Å²) in [4.78, 5) is 30.6. The molecule has 2 aromatic rings. The van der Waals surface area contributed by atoms with Crippen molar-refractivity contribution in [3.8, 4) is 0 Å². The second kappa shape index (κ2) is 7.58. The van der Waals surface area contributed by atoms with Gasteiger partial charge in [-0.1, -0.05) is 36.1 Å². The van der Waals surface area contributed by atoms with Crippen LogP contribution in [0.2, 0.25) is 0 Å². The smallest absolute Gasteiger partial charge is 0.338 e. The van der Waals surface area contributed by atoms with Crippen LogP contribution in [-0.4, -0.2) is 27.8 Å². The quantitative estimate of drug-likeness (QED) is 0.465. The molecule has 0 bridgehead atoms. The van der Waals surface area contributed by atoms with Gasteiger partial charge in [-0.15, -0.1) is 0 Å². The number of rotatable bonds is 4. The van der Waals surface area contributed by atoms with Crippen LogP contribution in [0.5, 0.6) is 0 Å². The summed E-state index contributed by atoms with van der Waals surface area (Å²) >= 11 is 6.57. The molecule has 126 valence electrons. The van der Waals surface area contributed by atoms with E-state index in [9.17, 15) is 9.59 Å². The molecule has 0 N–H and O–H groups in total. The summed E-state index contributed by atoms with van der Waals surface area (Å²) in [6.45, 7) is 2.03. The molecule has 1 aliphatic rings. The first-order chi connectivity index (χ1) is 12.1. The van der Waals surface area contributed by atoms with Crippen LogP contribution in [0.3, 0.4) is 0 Å². The Kier molecular flexibility index (Phi) is 5.25. The number of amides is 1. The van der Waals surface area contributed by atoms with Crippen LogP contribution in [-0.2, 0) is 9.53 Å². The van der Waals surface area contributed by atoms with Crippen molar-refractivity contribution in [1.82, 2.24) is 4.98 Å². The van der Waals surface area contributed by atoms with Crippen LogP contribution in [0, 0.1) is 0 Å². The Balaban J connectivity index is 1.90. The van der Waals surface area contributed by atoms with Gasteiger partial charge in [0.25, 0.3) is 5.91 Å². The largest absolute Gasteiger partial charge is 0.462 e. The van der Waals surface area contributed by atoms with Crippen molar-refractivity contribution in [1.29, 1.82) is 0 Å². The molecular formula is C18H14N2O3S2. The second-order valence-electron chi connectivity index (χ2n) is 5.07. The molecule has 1 aromatic heterocycles. The van der Waals surface area contributed by atoms with E-state index in [-0.39, 0.29) is 12.5 Å². The standard InChI is InChI=1S/C18H14N2O3S2/c1-2-23-17(22)13-6-3-7-14(10-13)20-16(21)15(25-18(20)24)9-12-5-4-8-19-11-12/h3-11H,2H2,1H3/b15-9+. The Labute approximate surface area is 154 Å². The maximum Gasteiger partial charge on any atom is 0.338 e. The Morgan fingerprint density at radius 1 is 1.36 bits per heavy atom. The van der Waals surface area contributed by atoms with E-state index in [2.05, 4.69) is 4.98 Å². The van der Waals surface area contributed by atoms with E-state index in [0.29, 0.717) is 20.5 Å². The Morgan fingerprint density at radius 3 is 2.92 bits per heavy atom. The highest BCUT2D eigenvalue weighted by molar-refractivity contribution is 8.27. The number of thioether (sulfide) groups is 1. The lowest BCUT2D eigenvalue weighted by Crippen LogP contribution is -2.27. The third kappa shape index (κ3) is 3.78. The zero-order valence-electron chi connectivity index (χ0n) is 13.3. The van der Waals surface area contributed by atoms with E-state index in [0.717, 1.165) is 5.56 Å². The molecule has 0 aliphatic carbocycles. The van der Waals surface area contributed by atoms with E-state index < -0.39 is 5.97 Å². The van der Waals surface area contributed by atoms with Crippen molar-refractivity contribution in [2.24, 2.45) is 0 Å². The highest BCUT2D eigenvalue weighted by Crippen LogP contribution is 2.36. The van der Waals surface area contributed by atoms with Gasteiger partial charge >= 0.3 is 5.97 Å². The van der Waals surface area contributed by atoms with Crippen LogP contribution in [0.15, 0.2) is 53.7 Å². The van der Waals surface area contributed by atoms with Gasteiger partial charge in [-0.25, -0.2) is 4.79 Å². The number of pyridine rings is 1. The molecule has 1 amide bonds. The number of anilines is 1. The van der Waals surface area contributed by atoms with Crippen LogP contribution < -0.4 is 4.90 Å². The van der Waals surface area contributed by atoms with E-state index in [1.807, 2.05) is 6.07 Å². The average Bonchev–Trinajstić information content (AvgIpc) is 2.90. The number of ether oxygens (including phenoxy) is 1. The van der Waals surface area contributed by atoms with Gasteiger partial charge in [-0.3, -0.25) is 14.7 Å². The fourth-order valence-corrected chi connectivity index (χ4v) is 3.59. The fourth-order valence-electron chi connectivity index (χ4n) is 2.29. The lowest BCUT2D eigenvalue weighted by atomic mass is 10.2. The first kappa shape index (κ1) is 17.3. The molecular weight excluding hydrogens is 356 g/mol. The second-order valence-corrected chi connectivity index (χ2v) is 6.75. The van der Waals surface area contributed by atoms with Crippen molar-refractivity contribution in [2.75, 3.05) is 11.5 Å². The van der Waals surface area contributed by atoms with E-state index in [1.54, 1.807) is 55.7 Å². The third-order valence-electron chi connectivity index (χ3n) is 3.39. The van der Waals surface area contributed by atoms with Crippen molar-refractivity contribution in [3.05, 3.63) is 64.8 Å². The summed E-state index contributed by atoms with van der Waals surface area (Å²) < 4.78 is 5.42. The van der Waals surface area contributed by atoms with E-state index in [4.69, 9.17) is 17.0 Å². The van der Waals surface area contributed by atoms with E-state index >= 15 is 0 Å². The molecule has 1 saturated heterocycles. The van der Waals surface area contributed by atoms with Gasteiger partial charge in [0, 0.05) is 12.4 Å². The van der Waals surface area contributed by atoms with Gasteiger partial charge in [0.05, 0.1) is 22.8 Å². The minimum atomic E-state index is -0.430. The minimum absolute atomic E-state index is 0.222. The number of nitrogens with zero attached hydrogens (tertiary/aromatic N) is 2. The van der Waals surface area contributed by atoms with Gasteiger partial charge < -0.3 is 4.74 Å². The lowest BCUT2D eigenvalue weighted by Gasteiger charge is -2.15. The lowest BCUT2D eigenvalue weighted by molar-refractivity contribution is -0.113. The van der Waals surface area contributed by atoms with Crippen LogP contribution >= 0.6 is 24.0 Å². The normalized spacial score (nSPS) is 15.7. The zero-order chi connectivity index (χ0) is 17.8. The first-order valence-electron chi connectivity index (χ1n) is 7.55. The number of aromatic nitrogens is 1. The Bertz CT molecular complexity index is 866. The number of carbonyl (C=O) groups excluding carboxylic acids is 2. The molecule has 5 nitrogen and oxygen atoms in total. The predicted octanol–water partition coefficient (Wildman–Crippen LogP) is 3.66. The molecule has 1 fully saturated rings. The molecule has 0 unspecified atom stereocenters. The Morgan fingerprint density at radius 2 is 2.20 bits per heavy atom. The third-order valence-corrected chi connectivity index (χ3v) is 4.69. The number of benzene rings is 1. The highest BCUT2D eigenvalue weighted by Gasteiger charge is 2.33. The van der Waals surface area contributed by atoms with Gasteiger partial charge in [-0.05, 0) is 42.8 Å². The summed E-state index contributed by atoms with van der Waals surface area (Å²) in [5.41, 5.74) is 1.75. The molecule has 1 aromatic carbocycles. The van der Waals surface area contributed by atoms with Gasteiger partial charge in [0.2, 0.25) is 0 Å². The minimum Gasteiger partial charge on any atom is -0.462 e. The summed E-state index contributed by atoms with van der Waals surface area (Å²) in [6.07, 6.45) is 5.10. The summed E-state index contributed by atoms with van der Waals surface area (Å²) in [6, 6.07) is 10.3. The van der Waals surface area contributed by atoms with Crippen molar-refractivity contribution in [2.45, 2.75) is 6.92 Å². The first-order valence-corrected chi connectivity index (χ1v) is 8.78. The van der Waals surface area contributed by atoms with E-state index in [1.165, 1.54) is 16.7 Å². The number of esters is 1. The van der Waals surface area contributed by atoms with Gasteiger partial charge in [0.15, 0.2) is 4.32 Å². The topological polar surface area (TPSA) is 59.5 Å². The molecule has 1 aliphatic heterocycles. The molecule has 0 saturated carbocycles. The van der Waals surface area contributed by atoms with Crippen molar-refractivity contribution in [3.63, 3.8) is 0 Å². The summed E-state index contributed by atoms with van der Waals surface area (Å²) in [5, 5.41) is 0. The SMILES string of the molecule is CCOC(=O)c1cccc(N2C(=O)/C(=C\c3cccnc3)SC2=S)c1. The number of thiocarbonyl (C=S) groups is 1. The highest BCUT2D eigenvalue weighted by atomic mass is 32.2. The monoisotopic (exact) mass is 370 g/mol. The van der Waals surface area contributed by atoms with Crippen molar-refractivity contribution < 1.29 is 14.3 Å². The Hall–Kier alpha value is -2.51. The molecule has 7 heteroatoms. The number of hydrogen-bond donors (Lipinski definition) is 0. The van der Waals surface area contributed by atoms with Crippen LogP contribution in [0.1, 0.15) is 22.8 Å². The van der Waals surface area contributed by atoms with Crippen molar-refractivity contribution >= 4 is 51.9 Å². The zero-order valence-corrected chi connectivity index (χ0v) is 15.0. The average molecular weight is 370 g/mol. The van der Waals surface area contributed by atoms with Gasteiger partial charge in [-0.2, -0.15) is 0 Å². The maximum atomic E-state index is 12.7. The van der Waals surface area contributed by atoms with Crippen LogP contribution in [0.25, 0.3) is 6.08 Å². The molecule has 0 atom stereocenters. The molecule has 0 spiro atoms. The molecule has 25 heavy (non-hydrogen) atoms. The number of hydrogen-bond acceptors (Lipinski definition) is 6. The number of carbonyl (C=O) groups is 2. The molecule has 2 heterocycles. The van der Waals surface area contributed by atoms with Gasteiger partial charge in [0.1, 0.15) is 0 Å². The maximum absolute atomic E-state index is 12.7. The predicted molar refractivity (Wildman–Crippen MR) is 102 cm³/mol. The molecule has 0 radical (unpaired) electrons.